The number of rotatable bonds is 2. The van der Waals surface area contributed by atoms with E-state index in [4.69, 9.17) is 0 Å². The fraction of sp³-hybridized carbons (Fsp3) is 0.615. The number of carbonyl (C=O) groups is 1. The first kappa shape index (κ1) is 11.6. The highest BCUT2D eigenvalue weighted by atomic mass is 32.1. The van der Waals surface area contributed by atoms with Crippen LogP contribution in [0.5, 0.6) is 0 Å². The number of hydrogen-bond acceptors (Lipinski definition) is 2. The van der Waals surface area contributed by atoms with E-state index in [0.717, 1.165) is 30.3 Å². The van der Waals surface area contributed by atoms with Crippen LogP contribution in [0.1, 0.15) is 42.3 Å². The lowest BCUT2D eigenvalue weighted by Crippen LogP contribution is -2.31. The Morgan fingerprint density at radius 1 is 1.50 bits per heavy atom. The molecule has 1 fully saturated rings. The molecule has 0 saturated carbocycles. The van der Waals surface area contributed by atoms with Gasteiger partial charge >= 0.3 is 0 Å². The second-order valence-electron chi connectivity index (χ2n) is 4.47. The summed E-state index contributed by atoms with van der Waals surface area (Å²) in [4.78, 5) is 15.1. The van der Waals surface area contributed by atoms with Gasteiger partial charge in [-0.1, -0.05) is 19.4 Å². The van der Waals surface area contributed by atoms with E-state index < -0.39 is 0 Å². The molecule has 2 nitrogen and oxygen atoms in total. The lowest BCUT2D eigenvalue weighted by Gasteiger charge is -2.19. The second kappa shape index (κ2) is 5.48. The molecule has 1 aliphatic rings. The molecule has 88 valence electrons. The van der Waals surface area contributed by atoms with E-state index in [0.29, 0.717) is 0 Å². The number of amides is 1. The van der Waals surface area contributed by atoms with Crippen LogP contribution in [0.25, 0.3) is 0 Å². The van der Waals surface area contributed by atoms with Gasteiger partial charge in [-0.25, -0.2) is 0 Å². The minimum absolute atomic E-state index is 0.228. The van der Waals surface area contributed by atoms with Crippen LogP contribution in [0.15, 0.2) is 17.5 Å². The van der Waals surface area contributed by atoms with Crippen LogP contribution in [-0.4, -0.2) is 23.9 Å². The molecule has 0 N–H and O–H groups in total. The van der Waals surface area contributed by atoms with Crippen LogP contribution in [0.3, 0.4) is 0 Å². The summed E-state index contributed by atoms with van der Waals surface area (Å²) in [7, 11) is 0. The van der Waals surface area contributed by atoms with Gasteiger partial charge in [0.2, 0.25) is 0 Å². The highest BCUT2D eigenvalue weighted by Gasteiger charge is 2.20. The molecular weight excluding hydrogens is 218 g/mol. The van der Waals surface area contributed by atoms with Crippen LogP contribution in [0.4, 0.5) is 0 Å². The Morgan fingerprint density at radius 2 is 2.38 bits per heavy atom. The van der Waals surface area contributed by atoms with E-state index in [2.05, 4.69) is 6.92 Å². The summed E-state index contributed by atoms with van der Waals surface area (Å²) in [6.45, 7) is 4.13. The van der Waals surface area contributed by atoms with Crippen LogP contribution >= 0.6 is 11.3 Å². The van der Waals surface area contributed by atoms with Crippen molar-refractivity contribution in [3.05, 3.63) is 22.4 Å². The predicted octanol–water partition coefficient (Wildman–Crippen LogP) is 3.40. The van der Waals surface area contributed by atoms with Crippen LogP contribution in [-0.2, 0) is 0 Å². The van der Waals surface area contributed by atoms with Crippen molar-refractivity contribution in [2.75, 3.05) is 13.1 Å². The predicted molar refractivity (Wildman–Crippen MR) is 67.9 cm³/mol. The highest BCUT2D eigenvalue weighted by Crippen LogP contribution is 2.22. The van der Waals surface area contributed by atoms with Crippen molar-refractivity contribution in [3.63, 3.8) is 0 Å². The zero-order chi connectivity index (χ0) is 11.4. The molecule has 1 amide bonds. The van der Waals surface area contributed by atoms with Crippen LogP contribution < -0.4 is 0 Å². The van der Waals surface area contributed by atoms with Gasteiger partial charge in [-0.3, -0.25) is 4.79 Å². The third-order valence-corrected chi connectivity index (χ3v) is 4.30. The second-order valence-corrected chi connectivity index (χ2v) is 5.42. The molecule has 0 radical (unpaired) electrons. The maximum Gasteiger partial charge on any atom is 0.263 e. The fourth-order valence-electron chi connectivity index (χ4n) is 2.33. The van der Waals surface area contributed by atoms with E-state index in [-0.39, 0.29) is 5.91 Å². The van der Waals surface area contributed by atoms with Crippen molar-refractivity contribution in [2.45, 2.75) is 32.6 Å². The number of thiophene rings is 1. The van der Waals surface area contributed by atoms with Gasteiger partial charge in [-0.05, 0) is 36.6 Å². The van der Waals surface area contributed by atoms with Gasteiger partial charge in [0.1, 0.15) is 0 Å². The molecule has 3 heteroatoms. The summed E-state index contributed by atoms with van der Waals surface area (Å²) in [6, 6.07) is 3.87. The summed E-state index contributed by atoms with van der Waals surface area (Å²) in [5.41, 5.74) is 0. The first-order valence-corrected chi connectivity index (χ1v) is 7.02. The summed E-state index contributed by atoms with van der Waals surface area (Å²) in [5.74, 6) is 1.05. The Hall–Kier alpha value is -0.830. The zero-order valence-corrected chi connectivity index (χ0v) is 10.6. The van der Waals surface area contributed by atoms with E-state index in [9.17, 15) is 4.79 Å². The molecule has 1 saturated heterocycles. The van der Waals surface area contributed by atoms with E-state index in [1.54, 1.807) is 11.3 Å². The van der Waals surface area contributed by atoms with Gasteiger partial charge in [0.05, 0.1) is 4.88 Å². The third-order valence-electron chi connectivity index (χ3n) is 3.44. The molecule has 2 rings (SSSR count). The Labute approximate surface area is 101 Å². The van der Waals surface area contributed by atoms with Crippen molar-refractivity contribution in [2.24, 2.45) is 5.92 Å². The van der Waals surface area contributed by atoms with Gasteiger partial charge in [-0.15, -0.1) is 11.3 Å². The smallest absolute Gasteiger partial charge is 0.263 e. The number of hydrogen-bond donors (Lipinski definition) is 0. The van der Waals surface area contributed by atoms with Crippen molar-refractivity contribution in [1.82, 2.24) is 4.90 Å². The minimum atomic E-state index is 0.228. The molecule has 0 bridgehead atoms. The maximum absolute atomic E-state index is 12.1. The molecule has 2 heterocycles. The van der Waals surface area contributed by atoms with Gasteiger partial charge in [0.15, 0.2) is 0 Å². The molecular formula is C13H19NOS. The molecule has 1 aromatic rings. The monoisotopic (exact) mass is 237 g/mol. The standard InChI is InChI=1S/C13H19NOS/c1-2-11-5-3-8-14(9-7-11)13(15)12-6-4-10-16-12/h4,6,10-11H,2-3,5,7-9H2,1H3. The first-order valence-electron chi connectivity index (χ1n) is 6.14. The minimum Gasteiger partial charge on any atom is -0.338 e. The molecule has 0 spiro atoms. The zero-order valence-electron chi connectivity index (χ0n) is 9.82. The normalized spacial score (nSPS) is 21.8. The van der Waals surface area contributed by atoms with E-state index >= 15 is 0 Å². The lowest BCUT2D eigenvalue weighted by molar-refractivity contribution is 0.0765. The third kappa shape index (κ3) is 2.64. The summed E-state index contributed by atoms with van der Waals surface area (Å²) in [5, 5.41) is 1.97. The molecule has 0 aromatic carbocycles. The van der Waals surface area contributed by atoms with Crippen molar-refractivity contribution in [1.29, 1.82) is 0 Å². The summed E-state index contributed by atoms with van der Waals surface area (Å²) >= 11 is 1.55. The Kier molecular flexibility index (Phi) is 3.99. The number of carbonyl (C=O) groups excluding carboxylic acids is 1. The maximum atomic E-state index is 12.1. The fourth-order valence-corrected chi connectivity index (χ4v) is 3.02. The van der Waals surface area contributed by atoms with Gasteiger partial charge in [0, 0.05) is 13.1 Å². The number of nitrogens with zero attached hydrogens (tertiary/aromatic N) is 1. The van der Waals surface area contributed by atoms with Crippen molar-refractivity contribution in [3.8, 4) is 0 Å². The number of likely N-dealkylation sites (tertiary alicyclic amines) is 1. The van der Waals surface area contributed by atoms with E-state index in [1.807, 2.05) is 22.4 Å². The molecule has 1 unspecified atom stereocenters. The van der Waals surface area contributed by atoms with Crippen LogP contribution in [0, 0.1) is 5.92 Å². The largest absolute Gasteiger partial charge is 0.338 e. The summed E-state index contributed by atoms with van der Waals surface area (Å²) < 4.78 is 0. The summed E-state index contributed by atoms with van der Waals surface area (Å²) in [6.07, 6.45) is 4.87. The Balaban J connectivity index is 1.97. The molecule has 1 aliphatic heterocycles. The van der Waals surface area contributed by atoms with Crippen LogP contribution in [0.2, 0.25) is 0 Å². The average molecular weight is 237 g/mol. The molecule has 0 aliphatic carbocycles. The lowest BCUT2D eigenvalue weighted by atomic mass is 9.98. The SMILES string of the molecule is CCC1CCCN(C(=O)c2cccs2)CC1. The quantitative estimate of drug-likeness (QED) is 0.772. The molecule has 1 aromatic heterocycles. The van der Waals surface area contributed by atoms with E-state index in [1.165, 1.54) is 19.3 Å². The van der Waals surface area contributed by atoms with Crippen molar-refractivity contribution < 1.29 is 4.79 Å². The molecule has 1 atom stereocenters. The van der Waals surface area contributed by atoms with Gasteiger partial charge in [-0.2, -0.15) is 0 Å². The topological polar surface area (TPSA) is 20.3 Å². The average Bonchev–Trinajstić information content (AvgIpc) is 2.73. The Morgan fingerprint density at radius 3 is 3.06 bits per heavy atom. The Bertz CT molecular complexity index is 334. The van der Waals surface area contributed by atoms with Crippen molar-refractivity contribution >= 4 is 17.2 Å². The molecule has 16 heavy (non-hydrogen) atoms. The first-order chi connectivity index (χ1) is 7.81. The highest BCUT2D eigenvalue weighted by molar-refractivity contribution is 7.12. The van der Waals surface area contributed by atoms with Gasteiger partial charge < -0.3 is 4.90 Å². The van der Waals surface area contributed by atoms with Gasteiger partial charge in [0.25, 0.3) is 5.91 Å².